The van der Waals surface area contributed by atoms with Gasteiger partial charge in [-0.1, -0.05) is 54.1 Å². The molecule has 0 saturated carbocycles. The van der Waals surface area contributed by atoms with Gasteiger partial charge in [0.1, 0.15) is 0 Å². The maximum atomic E-state index is 3.59. The molecule has 1 aliphatic heterocycles. The number of hydrogen-bond donors (Lipinski definition) is 1. The molecule has 0 aromatic heterocycles. The van der Waals surface area contributed by atoms with Crippen molar-refractivity contribution in [2.75, 3.05) is 13.1 Å². The van der Waals surface area contributed by atoms with Crippen molar-refractivity contribution < 1.29 is 0 Å². The average molecular weight is 279 g/mol. The van der Waals surface area contributed by atoms with Crippen molar-refractivity contribution in [1.29, 1.82) is 0 Å². The molecule has 1 nitrogen and oxygen atoms in total. The number of rotatable bonds is 3. The monoisotopic (exact) mass is 279 g/mol. The second kappa shape index (κ2) is 6.44. The Kier molecular flexibility index (Phi) is 4.40. The summed E-state index contributed by atoms with van der Waals surface area (Å²) < 4.78 is 0. The van der Waals surface area contributed by atoms with E-state index in [2.05, 4.69) is 67.7 Å². The highest BCUT2D eigenvalue weighted by Crippen LogP contribution is 2.34. The zero-order valence-electron chi connectivity index (χ0n) is 13.1. The van der Waals surface area contributed by atoms with Crippen molar-refractivity contribution in [3.63, 3.8) is 0 Å². The van der Waals surface area contributed by atoms with Crippen LogP contribution in [0, 0.1) is 19.8 Å². The SMILES string of the molecule is Cc1ccc(C)c(C2CCNCC2Cc2ccccc2)c1. The third-order valence-electron chi connectivity index (χ3n) is 4.78. The van der Waals surface area contributed by atoms with Crippen LogP contribution in [0.25, 0.3) is 0 Å². The Hall–Kier alpha value is -1.60. The maximum absolute atomic E-state index is 3.59. The standard InChI is InChI=1S/C20H25N/c1-15-8-9-16(2)20(12-15)19-10-11-21-14-18(19)13-17-6-4-3-5-7-17/h3-9,12,18-19,21H,10-11,13-14H2,1-2H3. The molecule has 1 fully saturated rings. The van der Waals surface area contributed by atoms with Crippen LogP contribution in [-0.4, -0.2) is 13.1 Å². The first kappa shape index (κ1) is 14.3. The minimum Gasteiger partial charge on any atom is -0.316 e. The summed E-state index contributed by atoms with van der Waals surface area (Å²) in [5.74, 6) is 1.38. The Bertz CT molecular complexity index is 588. The summed E-state index contributed by atoms with van der Waals surface area (Å²) in [4.78, 5) is 0. The first-order valence-corrected chi connectivity index (χ1v) is 8.06. The molecule has 2 unspecified atom stereocenters. The third kappa shape index (κ3) is 3.36. The summed E-state index contributed by atoms with van der Waals surface area (Å²) in [5.41, 5.74) is 5.86. The van der Waals surface area contributed by atoms with Gasteiger partial charge in [-0.3, -0.25) is 0 Å². The van der Waals surface area contributed by atoms with E-state index in [1.54, 1.807) is 5.56 Å². The van der Waals surface area contributed by atoms with Crippen LogP contribution >= 0.6 is 0 Å². The van der Waals surface area contributed by atoms with E-state index in [1.165, 1.54) is 29.5 Å². The van der Waals surface area contributed by atoms with Gasteiger partial charge in [0.15, 0.2) is 0 Å². The van der Waals surface area contributed by atoms with Crippen LogP contribution in [0.4, 0.5) is 0 Å². The van der Waals surface area contributed by atoms with Crippen LogP contribution in [0.1, 0.15) is 34.6 Å². The Morgan fingerprint density at radius 2 is 1.86 bits per heavy atom. The number of nitrogens with one attached hydrogen (secondary N) is 1. The lowest BCUT2D eigenvalue weighted by Gasteiger charge is -2.34. The first-order valence-electron chi connectivity index (χ1n) is 8.06. The summed E-state index contributed by atoms with van der Waals surface area (Å²) in [6, 6.07) is 17.8. The Morgan fingerprint density at radius 1 is 1.05 bits per heavy atom. The molecule has 1 saturated heterocycles. The lowest BCUT2D eigenvalue weighted by molar-refractivity contribution is 0.323. The predicted molar refractivity (Wildman–Crippen MR) is 89.8 cm³/mol. The highest BCUT2D eigenvalue weighted by atomic mass is 14.9. The summed E-state index contributed by atoms with van der Waals surface area (Å²) in [6.07, 6.45) is 2.42. The van der Waals surface area contributed by atoms with E-state index in [4.69, 9.17) is 0 Å². The molecule has 0 radical (unpaired) electrons. The fraction of sp³-hybridized carbons (Fsp3) is 0.400. The largest absolute Gasteiger partial charge is 0.316 e. The van der Waals surface area contributed by atoms with Gasteiger partial charge in [0.25, 0.3) is 0 Å². The minimum atomic E-state index is 0.686. The highest BCUT2D eigenvalue weighted by molar-refractivity contribution is 5.34. The van der Waals surface area contributed by atoms with Crippen molar-refractivity contribution >= 4 is 0 Å². The van der Waals surface area contributed by atoms with Gasteiger partial charge >= 0.3 is 0 Å². The molecule has 2 aromatic carbocycles. The normalized spacial score (nSPS) is 22.2. The number of benzene rings is 2. The molecule has 0 bridgehead atoms. The zero-order chi connectivity index (χ0) is 14.7. The molecular formula is C20H25N. The quantitative estimate of drug-likeness (QED) is 0.886. The van der Waals surface area contributed by atoms with E-state index in [9.17, 15) is 0 Å². The van der Waals surface area contributed by atoms with Crippen LogP contribution in [0.15, 0.2) is 48.5 Å². The lowest BCUT2D eigenvalue weighted by atomic mass is 9.76. The molecule has 1 N–H and O–H groups in total. The van der Waals surface area contributed by atoms with Gasteiger partial charge in [-0.05, 0) is 68.3 Å². The second-order valence-corrected chi connectivity index (χ2v) is 6.41. The van der Waals surface area contributed by atoms with Crippen LogP contribution in [0.5, 0.6) is 0 Å². The van der Waals surface area contributed by atoms with Crippen molar-refractivity contribution in [1.82, 2.24) is 5.32 Å². The molecule has 1 aliphatic rings. The lowest BCUT2D eigenvalue weighted by Crippen LogP contribution is -2.36. The molecule has 2 aromatic rings. The highest BCUT2D eigenvalue weighted by Gasteiger charge is 2.27. The van der Waals surface area contributed by atoms with Gasteiger partial charge in [0.05, 0.1) is 0 Å². The van der Waals surface area contributed by atoms with Crippen molar-refractivity contribution in [3.05, 3.63) is 70.8 Å². The van der Waals surface area contributed by atoms with Crippen LogP contribution < -0.4 is 5.32 Å². The number of aryl methyl sites for hydroxylation is 2. The molecular weight excluding hydrogens is 254 g/mol. The van der Waals surface area contributed by atoms with Crippen molar-refractivity contribution in [3.8, 4) is 0 Å². The topological polar surface area (TPSA) is 12.0 Å². The van der Waals surface area contributed by atoms with E-state index in [1.807, 2.05) is 0 Å². The molecule has 2 atom stereocenters. The number of hydrogen-bond acceptors (Lipinski definition) is 1. The van der Waals surface area contributed by atoms with E-state index in [-0.39, 0.29) is 0 Å². The zero-order valence-corrected chi connectivity index (χ0v) is 13.1. The molecule has 3 rings (SSSR count). The molecule has 0 aliphatic carbocycles. The Labute approximate surface area is 128 Å². The van der Waals surface area contributed by atoms with E-state index in [0.29, 0.717) is 11.8 Å². The maximum Gasteiger partial charge on any atom is -0.00115 e. The van der Waals surface area contributed by atoms with Crippen LogP contribution in [0.3, 0.4) is 0 Å². The summed E-state index contributed by atoms with van der Waals surface area (Å²) in [6.45, 7) is 6.74. The smallest absolute Gasteiger partial charge is 0.00115 e. The second-order valence-electron chi connectivity index (χ2n) is 6.41. The minimum absolute atomic E-state index is 0.686. The Balaban J connectivity index is 1.86. The molecule has 0 amide bonds. The van der Waals surface area contributed by atoms with Gasteiger partial charge in [0.2, 0.25) is 0 Å². The van der Waals surface area contributed by atoms with Gasteiger partial charge in [-0.2, -0.15) is 0 Å². The Morgan fingerprint density at radius 3 is 2.67 bits per heavy atom. The van der Waals surface area contributed by atoms with Gasteiger partial charge in [-0.25, -0.2) is 0 Å². The third-order valence-corrected chi connectivity index (χ3v) is 4.78. The van der Waals surface area contributed by atoms with Crippen LogP contribution in [0.2, 0.25) is 0 Å². The van der Waals surface area contributed by atoms with Gasteiger partial charge in [0, 0.05) is 0 Å². The van der Waals surface area contributed by atoms with Gasteiger partial charge in [-0.15, -0.1) is 0 Å². The molecule has 110 valence electrons. The van der Waals surface area contributed by atoms with E-state index >= 15 is 0 Å². The molecule has 0 spiro atoms. The predicted octanol–water partition coefficient (Wildman–Crippen LogP) is 4.24. The average Bonchev–Trinajstić information content (AvgIpc) is 2.51. The summed E-state index contributed by atoms with van der Waals surface area (Å²) >= 11 is 0. The van der Waals surface area contributed by atoms with E-state index in [0.717, 1.165) is 13.1 Å². The number of piperidine rings is 1. The molecule has 1 heterocycles. The summed E-state index contributed by atoms with van der Waals surface area (Å²) in [5, 5.41) is 3.59. The fourth-order valence-corrected chi connectivity index (χ4v) is 3.62. The van der Waals surface area contributed by atoms with Crippen LogP contribution in [-0.2, 0) is 6.42 Å². The van der Waals surface area contributed by atoms with Gasteiger partial charge < -0.3 is 5.32 Å². The summed E-state index contributed by atoms with van der Waals surface area (Å²) in [7, 11) is 0. The molecule has 1 heteroatoms. The van der Waals surface area contributed by atoms with Crippen molar-refractivity contribution in [2.45, 2.75) is 32.6 Å². The fourth-order valence-electron chi connectivity index (χ4n) is 3.62. The molecule has 21 heavy (non-hydrogen) atoms. The van der Waals surface area contributed by atoms with Crippen molar-refractivity contribution in [2.24, 2.45) is 5.92 Å². The van der Waals surface area contributed by atoms with E-state index < -0.39 is 0 Å². The first-order chi connectivity index (χ1) is 10.2.